The molecular weight excluding hydrogens is 516 g/mol. The SMILES string of the molecule is CC(=O)Nc1ccc(Cl)c(-c2c(-c3ccccc3)c3cc(C(C)N)c(Cl)cc3oc2=O)c1C(F)(F)F. The van der Waals surface area contributed by atoms with Crippen molar-refractivity contribution < 1.29 is 22.4 Å². The number of carbonyl (C=O) groups is 1. The standard InChI is InChI=1S/C26H19Cl2F3N2O3/c1-12(32)15-10-16-20(11-18(15)28)36-25(35)23(21(16)14-6-4-3-5-7-14)22-17(27)8-9-19(33-13(2)34)24(22)26(29,30)31/h3-12H,32H2,1-2H3,(H,33,34). The first-order valence-corrected chi connectivity index (χ1v) is 11.4. The topological polar surface area (TPSA) is 85.3 Å². The number of nitrogens with one attached hydrogen (secondary N) is 1. The predicted molar refractivity (Wildman–Crippen MR) is 135 cm³/mol. The zero-order chi connectivity index (χ0) is 26.4. The Balaban J connectivity index is 2.26. The van der Waals surface area contributed by atoms with Gasteiger partial charge in [-0.25, -0.2) is 4.79 Å². The first-order chi connectivity index (χ1) is 16.9. The molecule has 1 unspecified atom stereocenters. The summed E-state index contributed by atoms with van der Waals surface area (Å²) in [6.45, 7) is 2.78. The second-order valence-electron chi connectivity index (χ2n) is 8.19. The molecule has 1 heterocycles. The van der Waals surface area contributed by atoms with Crippen molar-refractivity contribution in [3.63, 3.8) is 0 Å². The second kappa shape index (κ2) is 9.61. The number of alkyl halides is 3. The molecule has 1 atom stereocenters. The maximum absolute atomic E-state index is 14.5. The number of amides is 1. The minimum atomic E-state index is -4.98. The maximum atomic E-state index is 14.5. The molecule has 4 rings (SSSR count). The summed E-state index contributed by atoms with van der Waals surface area (Å²) in [6, 6.07) is 13.1. The smallest absolute Gasteiger partial charge is 0.419 e. The highest BCUT2D eigenvalue weighted by molar-refractivity contribution is 6.34. The number of rotatable bonds is 4. The van der Waals surface area contributed by atoms with Gasteiger partial charge >= 0.3 is 11.8 Å². The first-order valence-electron chi connectivity index (χ1n) is 10.7. The highest BCUT2D eigenvalue weighted by Gasteiger charge is 2.40. The van der Waals surface area contributed by atoms with Gasteiger partial charge in [-0.1, -0.05) is 53.5 Å². The summed E-state index contributed by atoms with van der Waals surface area (Å²) in [7, 11) is 0. The Morgan fingerprint density at radius 3 is 2.25 bits per heavy atom. The van der Waals surface area contributed by atoms with Crippen LogP contribution >= 0.6 is 23.2 Å². The van der Waals surface area contributed by atoms with E-state index in [9.17, 15) is 22.8 Å². The van der Waals surface area contributed by atoms with Crippen molar-refractivity contribution in [3.05, 3.63) is 86.2 Å². The lowest BCUT2D eigenvalue weighted by Crippen LogP contribution is -2.18. The van der Waals surface area contributed by atoms with Gasteiger partial charge in [-0.3, -0.25) is 4.79 Å². The van der Waals surface area contributed by atoms with Gasteiger partial charge in [-0.2, -0.15) is 13.2 Å². The lowest BCUT2D eigenvalue weighted by molar-refractivity contribution is -0.136. The molecule has 3 N–H and O–H groups in total. The van der Waals surface area contributed by atoms with Gasteiger partial charge in [0.25, 0.3) is 0 Å². The molecular formula is C26H19Cl2F3N2O3. The van der Waals surface area contributed by atoms with Crippen molar-refractivity contribution in [2.75, 3.05) is 5.32 Å². The van der Waals surface area contributed by atoms with Gasteiger partial charge < -0.3 is 15.5 Å². The molecule has 5 nitrogen and oxygen atoms in total. The zero-order valence-electron chi connectivity index (χ0n) is 19.0. The molecule has 0 aliphatic heterocycles. The van der Waals surface area contributed by atoms with Crippen LogP contribution in [-0.4, -0.2) is 5.91 Å². The molecule has 0 aliphatic rings. The summed E-state index contributed by atoms with van der Waals surface area (Å²) in [4.78, 5) is 25.0. The van der Waals surface area contributed by atoms with Gasteiger partial charge in [-0.05, 0) is 36.2 Å². The van der Waals surface area contributed by atoms with Crippen LogP contribution in [0.5, 0.6) is 0 Å². The van der Waals surface area contributed by atoms with Crippen LogP contribution < -0.4 is 16.7 Å². The predicted octanol–water partition coefficient (Wildman–Crippen LogP) is 7.43. The Morgan fingerprint density at radius 2 is 1.67 bits per heavy atom. The number of carbonyl (C=O) groups excluding carboxylic acids is 1. The van der Waals surface area contributed by atoms with Crippen LogP contribution in [0.2, 0.25) is 10.0 Å². The van der Waals surface area contributed by atoms with E-state index < -0.39 is 46.1 Å². The molecule has 0 bridgehead atoms. The summed E-state index contributed by atoms with van der Waals surface area (Å²) in [5, 5.41) is 2.40. The number of nitrogens with two attached hydrogens (primary N) is 1. The highest BCUT2D eigenvalue weighted by Crippen LogP contribution is 2.48. The molecule has 3 aromatic carbocycles. The molecule has 1 amide bonds. The molecule has 1 aromatic heterocycles. The van der Waals surface area contributed by atoms with Crippen LogP contribution in [0.25, 0.3) is 33.2 Å². The van der Waals surface area contributed by atoms with Gasteiger partial charge in [0.1, 0.15) is 5.58 Å². The molecule has 0 aliphatic carbocycles. The summed E-state index contributed by atoms with van der Waals surface area (Å²) in [6.07, 6.45) is -4.98. The maximum Gasteiger partial charge on any atom is 0.419 e. The van der Waals surface area contributed by atoms with Gasteiger partial charge in [0.15, 0.2) is 0 Å². The molecule has 0 spiro atoms. The Labute approximate surface area is 213 Å². The number of benzene rings is 3. The fourth-order valence-corrected chi connectivity index (χ4v) is 4.71. The van der Waals surface area contributed by atoms with E-state index in [1.807, 2.05) is 0 Å². The zero-order valence-corrected chi connectivity index (χ0v) is 20.5. The third-order valence-corrected chi connectivity index (χ3v) is 6.22. The molecule has 0 saturated carbocycles. The quantitative estimate of drug-likeness (QED) is 0.266. The van der Waals surface area contributed by atoms with E-state index in [2.05, 4.69) is 5.32 Å². The van der Waals surface area contributed by atoms with Gasteiger partial charge in [-0.15, -0.1) is 0 Å². The Kier molecular flexibility index (Phi) is 6.88. The lowest BCUT2D eigenvalue weighted by Gasteiger charge is -2.21. The van der Waals surface area contributed by atoms with Gasteiger partial charge in [0, 0.05) is 45.6 Å². The molecule has 4 aromatic rings. The van der Waals surface area contributed by atoms with Gasteiger partial charge in [0.05, 0.1) is 16.8 Å². The van der Waals surface area contributed by atoms with E-state index in [0.717, 1.165) is 13.0 Å². The van der Waals surface area contributed by atoms with Crippen LogP contribution in [0.4, 0.5) is 18.9 Å². The van der Waals surface area contributed by atoms with Gasteiger partial charge in [0.2, 0.25) is 5.91 Å². The van der Waals surface area contributed by atoms with E-state index >= 15 is 0 Å². The van der Waals surface area contributed by atoms with Crippen molar-refractivity contribution in [3.8, 4) is 22.3 Å². The van der Waals surface area contributed by atoms with E-state index in [0.29, 0.717) is 16.5 Å². The number of fused-ring (bicyclic) bond motifs is 1. The lowest BCUT2D eigenvalue weighted by atomic mass is 9.89. The Morgan fingerprint density at radius 1 is 1.00 bits per heavy atom. The van der Waals surface area contributed by atoms with E-state index in [1.54, 1.807) is 43.3 Å². The summed E-state index contributed by atoms with van der Waals surface area (Å²) < 4.78 is 48.8. The number of hydrogen-bond acceptors (Lipinski definition) is 4. The molecule has 0 fully saturated rings. The van der Waals surface area contributed by atoms with E-state index in [-0.39, 0.29) is 21.2 Å². The number of halogens is 5. The normalized spacial score (nSPS) is 12.6. The Hall–Kier alpha value is -3.33. The van der Waals surface area contributed by atoms with Crippen molar-refractivity contribution in [2.45, 2.75) is 26.1 Å². The van der Waals surface area contributed by atoms with Crippen molar-refractivity contribution >= 4 is 45.8 Å². The monoisotopic (exact) mass is 534 g/mol. The third-order valence-electron chi connectivity index (χ3n) is 5.58. The second-order valence-corrected chi connectivity index (χ2v) is 9.00. The van der Waals surface area contributed by atoms with Crippen LogP contribution in [0.1, 0.15) is 31.0 Å². The Bertz CT molecular complexity index is 1550. The summed E-state index contributed by atoms with van der Waals surface area (Å²) >= 11 is 12.7. The van der Waals surface area contributed by atoms with Crippen LogP contribution in [0.3, 0.4) is 0 Å². The average molecular weight is 535 g/mol. The molecule has 0 saturated heterocycles. The summed E-state index contributed by atoms with van der Waals surface area (Å²) in [5.41, 5.74) is 3.36. The molecule has 10 heteroatoms. The van der Waals surface area contributed by atoms with E-state index in [4.69, 9.17) is 33.4 Å². The fourth-order valence-electron chi connectivity index (χ4n) is 4.13. The molecule has 36 heavy (non-hydrogen) atoms. The minimum absolute atomic E-state index is 0.0692. The highest BCUT2D eigenvalue weighted by atomic mass is 35.5. The third kappa shape index (κ3) is 4.72. The summed E-state index contributed by atoms with van der Waals surface area (Å²) in [5.74, 6) is -0.723. The van der Waals surface area contributed by atoms with Crippen molar-refractivity contribution in [2.24, 2.45) is 5.73 Å². The van der Waals surface area contributed by atoms with Crippen molar-refractivity contribution in [1.29, 1.82) is 0 Å². The van der Waals surface area contributed by atoms with Crippen molar-refractivity contribution in [1.82, 2.24) is 0 Å². The van der Waals surface area contributed by atoms with Crippen LogP contribution in [0, 0.1) is 0 Å². The van der Waals surface area contributed by atoms with E-state index in [1.165, 1.54) is 12.1 Å². The molecule has 186 valence electrons. The van der Waals surface area contributed by atoms with Crippen LogP contribution in [-0.2, 0) is 11.0 Å². The largest absolute Gasteiger partial charge is 0.422 e. The molecule has 0 radical (unpaired) electrons. The minimum Gasteiger partial charge on any atom is -0.422 e. The van der Waals surface area contributed by atoms with Crippen LogP contribution in [0.15, 0.2) is 63.8 Å². The first kappa shape index (κ1) is 25.8. The number of anilines is 1. The number of hydrogen-bond donors (Lipinski definition) is 2. The average Bonchev–Trinajstić information content (AvgIpc) is 2.78. The fraction of sp³-hybridized carbons (Fsp3) is 0.154.